The number of hydrogen-bond donors (Lipinski definition) is 1. The second kappa shape index (κ2) is 13.9. The Balaban J connectivity index is 1.27. The van der Waals surface area contributed by atoms with E-state index in [1.165, 1.54) is 29.8 Å². The fraction of sp³-hybridized carbons (Fsp3) is 0.438. The molecule has 9 heteroatoms. The Bertz CT molecular complexity index is 1360. The second-order valence-electron chi connectivity index (χ2n) is 10.8. The summed E-state index contributed by atoms with van der Waals surface area (Å²) in [5.41, 5.74) is 9.95. The van der Waals surface area contributed by atoms with Crippen molar-refractivity contribution in [3.05, 3.63) is 71.5 Å². The van der Waals surface area contributed by atoms with Gasteiger partial charge in [0.15, 0.2) is 0 Å². The Morgan fingerprint density at radius 3 is 2.59 bits per heavy atom. The van der Waals surface area contributed by atoms with Gasteiger partial charge >= 0.3 is 0 Å². The van der Waals surface area contributed by atoms with Crippen molar-refractivity contribution >= 4 is 46.3 Å². The standard InChI is InChI=1S/C32H40N4O3S2/c1-3-34-31-27(23-9-5-4-6-10-23)13-8-14-30(31)41(38)39-29-21-24(15-16-28(29)33)32(37)36-19-17-35(18-20-36)25-11-7-12-26(22-25)40-2/h3,7-8,11-15,21-23,28H,4-6,9-10,16-20,33H2,1-2H3/b34-3-/t28?,41-/m0/s1. The van der Waals surface area contributed by atoms with Crippen molar-refractivity contribution in [2.45, 2.75) is 67.2 Å². The van der Waals surface area contributed by atoms with Gasteiger partial charge < -0.3 is 19.7 Å². The average Bonchev–Trinajstić information content (AvgIpc) is 3.02. The number of nitrogens with two attached hydrogens (primary N) is 1. The lowest BCUT2D eigenvalue weighted by molar-refractivity contribution is -0.127. The van der Waals surface area contributed by atoms with Crippen LogP contribution in [0.4, 0.5) is 11.4 Å². The molecule has 2 aromatic carbocycles. The maximum atomic E-state index is 13.6. The van der Waals surface area contributed by atoms with E-state index >= 15 is 0 Å². The number of para-hydroxylation sites is 1. The molecule has 1 amide bonds. The largest absolute Gasteiger partial charge is 0.400 e. The Hall–Kier alpha value is -2.88. The highest BCUT2D eigenvalue weighted by Gasteiger charge is 2.28. The van der Waals surface area contributed by atoms with Crippen LogP contribution in [0.2, 0.25) is 0 Å². The first kappa shape index (κ1) is 29.6. The van der Waals surface area contributed by atoms with E-state index in [1.807, 2.05) is 30.0 Å². The molecule has 0 bridgehead atoms. The number of nitrogens with zero attached hydrogens (tertiary/aromatic N) is 3. The molecule has 1 aliphatic heterocycles. The maximum Gasteiger partial charge on any atom is 0.253 e. The number of amides is 1. The number of rotatable bonds is 8. The third-order valence-electron chi connectivity index (χ3n) is 8.17. The van der Waals surface area contributed by atoms with E-state index in [2.05, 4.69) is 46.5 Å². The fourth-order valence-electron chi connectivity index (χ4n) is 5.90. The molecular weight excluding hydrogens is 553 g/mol. The quantitative estimate of drug-likeness (QED) is 0.294. The van der Waals surface area contributed by atoms with Crippen molar-refractivity contribution in [3.8, 4) is 0 Å². The van der Waals surface area contributed by atoms with Crippen molar-refractivity contribution in [1.29, 1.82) is 0 Å². The highest BCUT2D eigenvalue weighted by atomic mass is 32.2. The van der Waals surface area contributed by atoms with E-state index in [9.17, 15) is 9.00 Å². The molecule has 0 radical (unpaired) electrons. The Morgan fingerprint density at radius 1 is 1.10 bits per heavy atom. The molecule has 2 N–H and O–H groups in total. The van der Waals surface area contributed by atoms with E-state index in [-0.39, 0.29) is 5.91 Å². The van der Waals surface area contributed by atoms with Crippen LogP contribution in [0.3, 0.4) is 0 Å². The van der Waals surface area contributed by atoms with Crippen LogP contribution in [-0.4, -0.2) is 59.7 Å². The number of piperazine rings is 1. The maximum absolute atomic E-state index is 13.6. The van der Waals surface area contributed by atoms with E-state index in [0.717, 1.165) is 37.2 Å². The van der Waals surface area contributed by atoms with Crippen LogP contribution < -0.4 is 10.6 Å². The molecule has 0 aromatic heterocycles. The highest BCUT2D eigenvalue weighted by Crippen LogP contribution is 2.40. The molecule has 2 aliphatic carbocycles. The van der Waals surface area contributed by atoms with Crippen LogP contribution in [0.15, 0.2) is 80.7 Å². The summed E-state index contributed by atoms with van der Waals surface area (Å²) in [6.45, 7) is 4.67. The predicted molar refractivity (Wildman–Crippen MR) is 169 cm³/mol. The van der Waals surface area contributed by atoms with Gasteiger partial charge in [0.25, 0.3) is 5.91 Å². The normalized spacial score (nSPS) is 21.0. The topological polar surface area (TPSA) is 88.2 Å². The second-order valence-corrected chi connectivity index (χ2v) is 12.7. The van der Waals surface area contributed by atoms with Crippen LogP contribution in [0.5, 0.6) is 0 Å². The zero-order valence-electron chi connectivity index (χ0n) is 24.0. The zero-order chi connectivity index (χ0) is 28.8. The first-order valence-electron chi connectivity index (χ1n) is 14.6. The van der Waals surface area contributed by atoms with Gasteiger partial charge in [-0.15, -0.1) is 11.8 Å². The van der Waals surface area contributed by atoms with Gasteiger partial charge in [-0.1, -0.05) is 43.5 Å². The monoisotopic (exact) mass is 592 g/mol. The van der Waals surface area contributed by atoms with Crippen molar-refractivity contribution in [2.24, 2.45) is 10.7 Å². The molecule has 3 aliphatic rings. The molecule has 1 saturated heterocycles. The van der Waals surface area contributed by atoms with Crippen LogP contribution >= 0.6 is 11.8 Å². The third-order valence-corrected chi connectivity index (χ3v) is 9.93. The molecule has 2 atom stereocenters. The highest BCUT2D eigenvalue weighted by molar-refractivity contribution is 7.98. The summed E-state index contributed by atoms with van der Waals surface area (Å²) in [4.78, 5) is 24.1. The molecule has 41 heavy (non-hydrogen) atoms. The molecule has 2 aromatic rings. The van der Waals surface area contributed by atoms with E-state index in [0.29, 0.717) is 41.7 Å². The molecule has 1 heterocycles. The Morgan fingerprint density at radius 2 is 1.85 bits per heavy atom. The lowest BCUT2D eigenvalue weighted by Crippen LogP contribution is -2.49. The summed E-state index contributed by atoms with van der Waals surface area (Å²) in [6.07, 6.45) is 13.7. The van der Waals surface area contributed by atoms with Crippen molar-refractivity contribution in [3.63, 3.8) is 0 Å². The number of aliphatic imine (C=N–C) groups is 1. The summed E-state index contributed by atoms with van der Waals surface area (Å²) in [6, 6.07) is 13.9. The van der Waals surface area contributed by atoms with Crippen LogP contribution in [-0.2, 0) is 20.1 Å². The molecule has 7 nitrogen and oxygen atoms in total. The van der Waals surface area contributed by atoms with Crippen molar-refractivity contribution in [1.82, 2.24) is 4.90 Å². The van der Waals surface area contributed by atoms with Crippen molar-refractivity contribution in [2.75, 3.05) is 37.3 Å². The minimum absolute atomic E-state index is 0.0446. The molecular formula is C32H40N4O3S2. The number of carbonyl (C=O) groups is 1. The molecule has 0 spiro atoms. The summed E-state index contributed by atoms with van der Waals surface area (Å²) in [5.74, 6) is 0.741. The number of thioether (sulfide) groups is 1. The van der Waals surface area contributed by atoms with Gasteiger partial charge in [0.2, 0.25) is 11.1 Å². The average molecular weight is 593 g/mol. The SMILES string of the molecule is C/C=N\c1c(C2CCCCC2)cccc1[S@@](=O)OC1=CC(C(=O)N2CCN(c3cccc(SC)c3)CC2)=CCC1N. The third kappa shape index (κ3) is 6.96. The Kier molecular flexibility index (Phi) is 10.0. The summed E-state index contributed by atoms with van der Waals surface area (Å²) >= 11 is -0.0852. The number of benzene rings is 2. The minimum atomic E-state index is -1.81. The lowest BCUT2D eigenvalue weighted by atomic mass is 9.83. The molecule has 2 fully saturated rings. The van der Waals surface area contributed by atoms with Gasteiger partial charge in [0.05, 0.1) is 11.7 Å². The number of carbonyl (C=O) groups excluding carboxylic acids is 1. The van der Waals surface area contributed by atoms with Gasteiger partial charge in [0, 0.05) is 48.5 Å². The molecule has 1 saturated carbocycles. The first-order chi connectivity index (χ1) is 20.0. The van der Waals surface area contributed by atoms with Crippen LogP contribution in [0.1, 0.15) is 56.9 Å². The number of anilines is 1. The lowest BCUT2D eigenvalue weighted by Gasteiger charge is -2.36. The van der Waals surface area contributed by atoms with Gasteiger partial charge in [-0.25, -0.2) is 4.21 Å². The zero-order valence-corrected chi connectivity index (χ0v) is 25.6. The van der Waals surface area contributed by atoms with E-state index in [1.54, 1.807) is 24.1 Å². The van der Waals surface area contributed by atoms with Crippen LogP contribution in [0, 0.1) is 0 Å². The van der Waals surface area contributed by atoms with Gasteiger partial charge in [-0.3, -0.25) is 9.79 Å². The smallest absolute Gasteiger partial charge is 0.253 e. The van der Waals surface area contributed by atoms with Gasteiger partial charge in [0.1, 0.15) is 10.7 Å². The molecule has 1 unspecified atom stereocenters. The first-order valence-corrected chi connectivity index (χ1v) is 16.9. The minimum Gasteiger partial charge on any atom is -0.400 e. The molecule has 218 valence electrons. The Labute approximate surface area is 250 Å². The van der Waals surface area contributed by atoms with Gasteiger partial charge in [-0.2, -0.15) is 0 Å². The summed E-state index contributed by atoms with van der Waals surface area (Å²) in [5, 5.41) is 0. The van der Waals surface area contributed by atoms with Gasteiger partial charge in [-0.05, 0) is 74.3 Å². The van der Waals surface area contributed by atoms with E-state index < -0.39 is 17.1 Å². The van der Waals surface area contributed by atoms with Crippen LogP contribution in [0.25, 0.3) is 0 Å². The fourth-order valence-corrected chi connectivity index (χ4v) is 7.31. The van der Waals surface area contributed by atoms with E-state index in [4.69, 9.17) is 9.92 Å². The molecule has 5 rings (SSSR count). The predicted octanol–water partition coefficient (Wildman–Crippen LogP) is 6.11. The summed E-state index contributed by atoms with van der Waals surface area (Å²) < 4.78 is 19.6. The number of hydrogen-bond acceptors (Lipinski definition) is 7. The summed E-state index contributed by atoms with van der Waals surface area (Å²) in [7, 11) is 0. The van der Waals surface area contributed by atoms with Crippen molar-refractivity contribution < 1.29 is 13.2 Å².